The van der Waals surface area contributed by atoms with Crippen LogP contribution in [0, 0.1) is 0 Å². The molecule has 1 aliphatic rings. The van der Waals surface area contributed by atoms with Crippen molar-refractivity contribution in [1.29, 1.82) is 0 Å². The normalized spacial score (nSPS) is 17.0. The van der Waals surface area contributed by atoms with Crippen molar-refractivity contribution in [3.63, 3.8) is 0 Å². The van der Waals surface area contributed by atoms with Crippen LogP contribution >= 0.6 is 11.6 Å². The van der Waals surface area contributed by atoms with E-state index in [1.807, 2.05) is 32.9 Å². The molecule has 1 aromatic carbocycles. The smallest absolute Gasteiger partial charge is 0.410 e. The van der Waals surface area contributed by atoms with Crippen LogP contribution in [0.15, 0.2) is 18.2 Å². The zero-order valence-electron chi connectivity index (χ0n) is 14.1. The first-order valence-electron chi connectivity index (χ1n) is 7.99. The van der Waals surface area contributed by atoms with Gasteiger partial charge in [0.2, 0.25) is 0 Å². The zero-order chi connectivity index (χ0) is 17.0. The van der Waals surface area contributed by atoms with E-state index in [1.54, 1.807) is 11.0 Å². The second-order valence-corrected chi connectivity index (χ2v) is 7.36. The average Bonchev–Trinajstić information content (AvgIpc) is 2.66. The number of carbonyl (C=O) groups is 1. The number of hydrogen-bond acceptors (Lipinski definition) is 4. The monoisotopic (exact) mass is 339 g/mol. The molecule has 23 heavy (non-hydrogen) atoms. The topological polar surface area (TPSA) is 58.8 Å². The van der Waals surface area contributed by atoms with Gasteiger partial charge in [-0.15, -0.1) is 0 Å². The summed E-state index contributed by atoms with van der Waals surface area (Å²) >= 11 is 6.25. The molecule has 1 fully saturated rings. The largest absolute Gasteiger partial charge is 0.444 e. The van der Waals surface area contributed by atoms with Crippen LogP contribution in [-0.4, -0.2) is 47.7 Å². The third kappa shape index (κ3) is 5.59. The van der Waals surface area contributed by atoms with E-state index in [0.29, 0.717) is 17.3 Å². The number of anilines is 1. The Hall–Kier alpha value is -1.46. The third-order valence-corrected chi connectivity index (χ3v) is 4.06. The van der Waals surface area contributed by atoms with Gasteiger partial charge in [-0.05, 0) is 44.9 Å². The molecule has 0 bridgehead atoms. The van der Waals surface area contributed by atoms with E-state index in [4.69, 9.17) is 22.1 Å². The van der Waals surface area contributed by atoms with E-state index in [0.717, 1.165) is 38.2 Å². The second-order valence-electron chi connectivity index (χ2n) is 6.95. The van der Waals surface area contributed by atoms with Crippen LogP contribution in [0.25, 0.3) is 0 Å². The number of amides is 1. The molecule has 2 N–H and O–H groups in total. The molecule has 1 aliphatic heterocycles. The minimum atomic E-state index is -0.458. The first-order valence-corrected chi connectivity index (χ1v) is 8.36. The maximum atomic E-state index is 12.2. The lowest BCUT2D eigenvalue weighted by atomic mass is 10.2. The number of ether oxygens (including phenoxy) is 1. The highest BCUT2D eigenvalue weighted by molar-refractivity contribution is 6.31. The lowest BCUT2D eigenvalue weighted by Gasteiger charge is -2.26. The Morgan fingerprint density at radius 2 is 2.00 bits per heavy atom. The van der Waals surface area contributed by atoms with Gasteiger partial charge in [0, 0.05) is 43.4 Å². The summed E-state index contributed by atoms with van der Waals surface area (Å²) in [5, 5.41) is 0.693. The molecule has 0 spiro atoms. The summed E-state index contributed by atoms with van der Waals surface area (Å²) in [6.07, 6.45) is 0.691. The van der Waals surface area contributed by atoms with Crippen molar-refractivity contribution in [2.24, 2.45) is 0 Å². The fourth-order valence-corrected chi connectivity index (χ4v) is 2.82. The Morgan fingerprint density at radius 1 is 1.26 bits per heavy atom. The molecule has 1 amide bonds. The number of halogens is 1. The summed E-state index contributed by atoms with van der Waals surface area (Å²) in [5.74, 6) is 0. The van der Waals surface area contributed by atoms with Crippen LogP contribution in [0.5, 0.6) is 0 Å². The van der Waals surface area contributed by atoms with Gasteiger partial charge in [-0.1, -0.05) is 17.7 Å². The van der Waals surface area contributed by atoms with Crippen LogP contribution < -0.4 is 5.73 Å². The molecular formula is C17H26ClN3O2. The summed E-state index contributed by atoms with van der Waals surface area (Å²) in [5.41, 5.74) is 7.01. The number of benzene rings is 1. The highest BCUT2D eigenvalue weighted by Crippen LogP contribution is 2.21. The average molecular weight is 340 g/mol. The minimum absolute atomic E-state index is 0.232. The lowest BCUT2D eigenvalue weighted by Crippen LogP contribution is -2.39. The van der Waals surface area contributed by atoms with Gasteiger partial charge >= 0.3 is 6.09 Å². The molecule has 0 aliphatic carbocycles. The lowest BCUT2D eigenvalue weighted by molar-refractivity contribution is 0.0257. The van der Waals surface area contributed by atoms with E-state index in [-0.39, 0.29) is 6.09 Å². The molecule has 1 saturated heterocycles. The van der Waals surface area contributed by atoms with E-state index in [2.05, 4.69) is 4.90 Å². The number of nitrogens with zero attached hydrogens (tertiary/aromatic N) is 2. The van der Waals surface area contributed by atoms with Crippen molar-refractivity contribution in [2.45, 2.75) is 39.3 Å². The van der Waals surface area contributed by atoms with Gasteiger partial charge in [-0.2, -0.15) is 0 Å². The van der Waals surface area contributed by atoms with Crippen LogP contribution in [0.1, 0.15) is 32.8 Å². The van der Waals surface area contributed by atoms with Gasteiger partial charge in [-0.25, -0.2) is 4.79 Å². The predicted molar refractivity (Wildman–Crippen MR) is 93.6 cm³/mol. The molecule has 0 saturated carbocycles. The molecule has 0 unspecified atom stereocenters. The number of nitrogens with two attached hydrogens (primary N) is 1. The fraction of sp³-hybridized carbons (Fsp3) is 0.588. The van der Waals surface area contributed by atoms with Crippen molar-refractivity contribution in [2.75, 3.05) is 31.9 Å². The summed E-state index contributed by atoms with van der Waals surface area (Å²) in [6, 6.07) is 5.61. The summed E-state index contributed by atoms with van der Waals surface area (Å²) in [4.78, 5) is 16.3. The molecular weight excluding hydrogens is 314 g/mol. The van der Waals surface area contributed by atoms with Gasteiger partial charge in [0.15, 0.2) is 0 Å². The van der Waals surface area contributed by atoms with Gasteiger partial charge in [0.05, 0.1) is 0 Å². The van der Waals surface area contributed by atoms with E-state index < -0.39 is 5.60 Å². The Bertz CT molecular complexity index is 557. The number of hydrogen-bond donors (Lipinski definition) is 1. The Balaban J connectivity index is 1.92. The maximum absolute atomic E-state index is 12.2. The van der Waals surface area contributed by atoms with Crippen molar-refractivity contribution in [3.05, 3.63) is 28.8 Å². The van der Waals surface area contributed by atoms with Gasteiger partial charge in [-0.3, -0.25) is 4.90 Å². The van der Waals surface area contributed by atoms with Crippen LogP contribution in [0.4, 0.5) is 10.5 Å². The van der Waals surface area contributed by atoms with Gasteiger partial charge < -0.3 is 15.4 Å². The Morgan fingerprint density at radius 3 is 2.65 bits per heavy atom. The van der Waals surface area contributed by atoms with Crippen molar-refractivity contribution in [1.82, 2.24) is 9.80 Å². The molecule has 1 heterocycles. The molecule has 1 aromatic rings. The van der Waals surface area contributed by atoms with Crippen molar-refractivity contribution >= 4 is 23.4 Å². The zero-order valence-corrected chi connectivity index (χ0v) is 14.9. The maximum Gasteiger partial charge on any atom is 0.410 e. The molecule has 2 rings (SSSR count). The van der Waals surface area contributed by atoms with Crippen molar-refractivity contribution in [3.8, 4) is 0 Å². The fourth-order valence-electron chi connectivity index (χ4n) is 2.57. The van der Waals surface area contributed by atoms with E-state index in [1.165, 1.54) is 0 Å². The third-order valence-electron chi connectivity index (χ3n) is 3.71. The van der Waals surface area contributed by atoms with Crippen molar-refractivity contribution < 1.29 is 9.53 Å². The second kappa shape index (κ2) is 7.41. The summed E-state index contributed by atoms with van der Waals surface area (Å²) in [6.45, 7) is 9.55. The molecule has 128 valence electrons. The van der Waals surface area contributed by atoms with Gasteiger partial charge in [0.25, 0.3) is 0 Å². The SMILES string of the molecule is CC(C)(C)OC(=O)N1CCCN(Cc2ccc(N)cc2Cl)CC1. The van der Waals surface area contributed by atoms with Gasteiger partial charge in [0.1, 0.15) is 5.60 Å². The minimum Gasteiger partial charge on any atom is -0.444 e. The van der Waals surface area contributed by atoms with E-state index >= 15 is 0 Å². The summed E-state index contributed by atoms with van der Waals surface area (Å²) in [7, 11) is 0. The highest BCUT2D eigenvalue weighted by Gasteiger charge is 2.24. The quantitative estimate of drug-likeness (QED) is 0.839. The first-order chi connectivity index (χ1) is 10.7. The Labute approximate surface area is 143 Å². The Kier molecular flexibility index (Phi) is 5.76. The van der Waals surface area contributed by atoms with E-state index in [9.17, 15) is 4.79 Å². The van der Waals surface area contributed by atoms with Crippen LogP contribution in [0.2, 0.25) is 5.02 Å². The number of rotatable bonds is 2. The highest BCUT2D eigenvalue weighted by atomic mass is 35.5. The standard InChI is InChI=1S/C17H26ClN3O2/c1-17(2,3)23-16(22)21-8-4-7-20(9-10-21)12-13-5-6-14(19)11-15(13)18/h5-6,11H,4,7-10,12,19H2,1-3H3. The predicted octanol–water partition coefficient (Wildman–Crippen LogP) is 3.37. The molecule has 0 aromatic heterocycles. The first kappa shape index (κ1) is 17.9. The molecule has 0 atom stereocenters. The molecule has 5 nitrogen and oxygen atoms in total. The summed E-state index contributed by atoms with van der Waals surface area (Å²) < 4.78 is 5.45. The molecule has 6 heteroatoms. The van der Waals surface area contributed by atoms with Crippen LogP contribution in [-0.2, 0) is 11.3 Å². The number of nitrogen functional groups attached to an aromatic ring is 1. The van der Waals surface area contributed by atoms with Crippen LogP contribution in [0.3, 0.4) is 0 Å². The number of carbonyl (C=O) groups excluding carboxylic acids is 1. The molecule has 0 radical (unpaired) electrons.